The van der Waals surface area contributed by atoms with Crippen molar-refractivity contribution in [3.63, 3.8) is 0 Å². The summed E-state index contributed by atoms with van der Waals surface area (Å²) in [5, 5.41) is 0. The number of fused-ring (bicyclic) bond motifs is 2. The second kappa shape index (κ2) is 4.34. The predicted molar refractivity (Wildman–Crippen MR) is 71.6 cm³/mol. The fourth-order valence-corrected chi connectivity index (χ4v) is 2.74. The van der Waals surface area contributed by atoms with Crippen molar-refractivity contribution in [2.45, 2.75) is 25.3 Å². The summed E-state index contributed by atoms with van der Waals surface area (Å²) in [5.74, 6) is 0. The van der Waals surface area contributed by atoms with Crippen LogP contribution in [0, 0.1) is 0 Å². The van der Waals surface area contributed by atoms with Gasteiger partial charge in [-0.3, -0.25) is 0 Å². The third-order valence-corrected chi connectivity index (χ3v) is 3.67. The summed E-state index contributed by atoms with van der Waals surface area (Å²) < 4.78 is 0. The molecule has 1 aromatic carbocycles. The van der Waals surface area contributed by atoms with Crippen LogP contribution >= 0.6 is 0 Å². The van der Waals surface area contributed by atoms with Crippen molar-refractivity contribution in [3.8, 4) is 0 Å². The Hall–Kier alpha value is -1.60. The van der Waals surface area contributed by atoms with Crippen LogP contribution in [0.3, 0.4) is 0 Å². The third-order valence-electron chi connectivity index (χ3n) is 3.67. The van der Waals surface area contributed by atoms with E-state index in [2.05, 4.69) is 48.6 Å². The number of aryl methyl sites for hydroxylation is 1. The zero-order valence-corrected chi connectivity index (χ0v) is 9.89. The predicted octanol–water partition coefficient (Wildman–Crippen LogP) is 3.45. The van der Waals surface area contributed by atoms with E-state index in [0.29, 0.717) is 0 Å². The van der Waals surface area contributed by atoms with E-state index in [9.17, 15) is 0 Å². The van der Waals surface area contributed by atoms with Gasteiger partial charge in [0.2, 0.25) is 0 Å². The monoisotopic (exact) mass is 223 g/mol. The summed E-state index contributed by atoms with van der Waals surface area (Å²) in [5.41, 5.74) is 11.8. The van der Waals surface area contributed by atoms with E-state index in [4.69, 9.17) is 5.73 Å². The van der Waals surface area contributed by atoms with Crippen molar-refractivity contribution in [1.29, 1.82) is 0 Å². The first kappa shape index (κ1) is 10.5. The molecule has 2 aliphatic carbocycles. The van der Waals surface area contributed by atoms with E-state index >= 15 is 0 Å². The Bertz CT molecular complexity index is 520. The Kier molecular flexibility index (Phi) is 2.69. The molecule has 2 aliphatic rings. The third kappa shape index (κ3) is 1.87. The lowest BCUT2D eigenvalue weighted by Gasteiger charge is -2.16. The number of allylic oxidation sites excluding steroid dienone is 4. The van der Waals surface area contributed by atoms with Gasteiger partial charge in [0.1, 0.15) is 0 Å². The van der Waals surface area contributed by atoms with E-state index in [-0.39, 0.29) is 6.04 Å². The summed E-state index contributed by atoms with van der Waals surface area (Å²) in [6, 6.07) is 8.59. The molecule has 3 rings (SSSR count). The summed E-state index contributed by atoms with van der Waals surface area (Å²) in [6.07, 6.45) is 12.1. The lowest BCUT2D eigenvalue weighted by Crippen LogP contribution is -2.14. The van der Waals surface area contributed by atoms with Crippen LogP contribution in [0.5, 0.6) is 0 Å². The minimum Gasteiger partial charge on any atom is -0.320 e. The molecule has 0 heterocycles. The summed E-state index contributed by atoms with van der Waals surface area (Å²) in [6.45, 7) is 0. The summed E-state index contributed by atoms with van der Waals surface area (Å²) in [4.78, 5) is 0. The quantitative estimate of drug-likeness (QED) is 0.716. The van der Waals surface area contributed by atoms with Gasteiger partial charge in [-0.2, -0.15) is 0 Å². The average Bonchev–Trinajstić information content (AvgIpc) is 2.66. The summed E-state index contributed by atoms with van der Waals surface area (Å²) >= 11 is 0. The molecule has 1 heteroatoms. The van der Waals surface area contributed by atoms with Gasteiger partial charge in [-0.05, 0) is 41.5 Å². The second-order valence-electron chi connectivity index (χ2n) is 4.69. The molecular formula is C16H17N. The lowest BCUT2D eigenvalue weighted by molar-refractivity contribution is 0.856. The van der Waals surface area contributed by atoms with Crippen molar-refractivity contribution in [3.05, 3.63) is 70.8 Å². The molecule has 0 bridgehead atoms. The smallest absolute Gasteiger partial charge is 0.0556 e. The van der Waals surface area contributed by atoms with Gasteiger partial charge in [0.15, 0.2) is 0 Å². The van der Waals surface area contributed by atoms with Crippen molar-refractivity contribution in [2.24, 2.45) is 5.73 Å². The van der Waals surface area contributed by atoms with Crippen molar-refractivity contribution >= 4 is 0 Å². The van der Waals surface area contributed by atoms with E-state index in [0.717, 1.165) is 19.3 Å². The highest BCUT2D eigenvalue weighted by molar-refractivity contribution is 5.48. The molecule has 1 unspecified atom stereocenters. The number of hydrogen-bond donors (Lipinski definition) is 1. The Morgan fingerprint density at radius 1 is 1.12 bits per heavy atom. The molecule has 0 radical (unpaired) electrons. The molecule has 86 valence electrons. The van der Waals surface area contributed by atoms with E-state index in [1.54, 1.807) is 0 Å². The Morgan fingerprint density at radius 3 is 2.94 bits per heavy atom. The highest BCUT2D eigenvalue weighted by Gasteiger charge is 2.22. The standard InChI is InChI=1S/C16H17N/c17-16-14-8-3-1-2-6-12(14)10-11-13-7-4-5-9-15(13)16/h1,3-9,16H,2,10-11,17H2. The lowest BCUT2D eigenvalue weighted by atomic mass is 9.94. The van der Waals surface area contributed by atoms with Crippen LogP contribution in [0.2, 0.25) is 0 Å². The number of hydrogen-bond acceptors (Lipinski definition) is 1. The number of benzene rings is 1. The zero-order valence-electron chi connectivity index (χ0n) is 9.89. The van der Waals surface area contributed by atoms with Gasteiger partial charge in [-0.1, -0.05) is 48.6 Å². The first-order chi connectivity index (χ1) is 8.36. The largest absolute Gasteiger partial charge is 0.320 e. The van der Waals surface area contributed by atoms with Gasteiger partial charge in [0.25, 0.3) is 0 Å². The van der Waals surface area contributed by atoms with Crippen LogP contribution in [-0.4, -0.2) is 0 Å². The molecule has 0 fully saturated rings. The fourth-order valence-electron chi connectivity index (χ4n) is 2.74. The minimum absolute atomic E-state index is 0.0303. The Morgan fingerprint density at radius 2 is 2.00 bits per heavy atom. The Labute approximate surface area is 102 Å². The van der Waals surface area contributed by atoms with Gasteiger partial charge in [-0.25, -0.2) is 0 Å². The minimum atomic E-state index is 0.0303. The molecule has 0 aromatic heterocycles. The topological polar surface area (TPSA) is 26.0 Å². The van der Waals surface area contributed by atoms with Crippen molar-refractivity contribution in [1.82, 2.24) is 0 Å². The van der Waals surface area contributed by atoms with Gasteiger partial charge in [-0.15, -0.1) is 0 Å². The molecule has 1 nitrogen and oxygen atoms in total. The van der Waals surface area contributed by atoms with E-state index in [1.165, 1.54) is 22.3 Å². The molecule has 17 heavy (non-hydrogen) atoms. The molecule has 1 aromatic rings. The Balaban J connectivity index is 2.12. The molecule has 0 saturated carbocycles. The van der Waals surface area contributed by atoms with Gasteiger partial charge in [0.05, 0.1) is 6.04 Å². The fraction of sp³-hybridized carbons (Fsp3) is 0.250. The second-order valence-corrected chi connectivity index (χ2v) is 4.69. The molecule has 0 aliphatic heterocycles. The van der Waals surface area contributed by atoms with E-state index in [1.807, 2.05) is 0 Å². The maximum Gasteiger partial charge on any atom is 0.0556 e. The van der Waals surface area contributed by atoms with E-state index < -0.39 is 0 Å². The van der Waals surface area contributed by atoms with Crippen LogP contribution < -0.4 is 5.73 Å². The molecule has 0 spiro atoms. The van der Waals surface area contributed by atoms with Crippen LogP contribution in [-0.2, 0) is 6.42 Å². The SMILES string of the molecule is NC1C2=CC=CCC=C2CCc2ccccc21. The summed E-state index contributed by atoms with van der Waals surface area (Å²) in [7, 11) is 0. The highest BCUT2D eigenvalue weighted by atomic mass is 14.6. The normalized spacial score (nSPS) is 22.8. The van der Waals surface area contributed by atoms with Gasteiger partial charge in [0, 0.05) is 0 Å². The zero-order chi connectivity index (χ0) is 11.7. The number of rotatable bonds is 0. The molecule has 1 atom stereocenters. The molecule has 2 N–H and O–H groups in total. The maximum absolute atomic E-state index is 6.43. The molecule has 0 saturated heterocycles. The molecule has 0 amide bonds. The van der Waals surface area contributed by atoms with Gasteiger partial charge < -0.3 is 5.73 Å². The number of nitrogens with two attached hydrogens (primary N) is 1. The van der Waals surface area contributed by atoms with Crippen LogP contribution in [0.1, 0.15) is 30.0 Å². The average molecular weight is 223 g/mol. The first-order valence-corrected chi connectivity index (χ1v) is 6.26. The van der Waals surface area contributed by atoms with Gasteiger partial charge >= 0.3 is 0 Å². The van der Waals surface area contributed by atoms with Crippen LogP contribution in [0.15, 0.2) is 59.7 Å². The van der Waals surface area contributed by atoms with Crippen molar-refractivity contribution < 1.29 is 0 Å². The van der Waals surface area contributed by atoms with Crippen molar-refractivity contribution in [2.75, 3.05) is 0 Å². The molecular weight excluding hydrogens is 206 g/mol. The maximum atomic E-state index is 6.43. The highest BCUT2D eigenvalue weighted by Crippen LogP contribution is 2.35. The van der Waals surface area contributed by atoms with Crippen LogP contribution in [0.4, 0.5) is 0 Å². The van der Waals surface area contributed by atoms with Crippen LogP contribution in [0.25, 0.3) is 0 Å². The first-order valence-electron chi connectivity index (χ1n) is 6.26.